The Hall–Kier alpha value is -3.80. The number of anilines is 4. The van der Waals surface area contributed by atoms with Gasteiger partial charge in [-0.2, -0.15) is 5.26 Å². The van der Waals surface area contributed by atoms with E-state index in [1.807, 2.05) is 44.3 Å². The molecule has 3 aliphatic rings. The topological polar surface area (TPSA) is 105 Å². The van der Waals surface area contributed by atoms with Gasteiger partial charge >= 0.3 is 0 Å². The average molecular weight is 502 g/mol. The number of likely N-dealkylation sites (N-methyl/N-ethyl adjacent to an activating group) is 1. The lowest BCUT2D eigenvalue weighted by Gasteiger charge is -2.44. The highest BCUT2D eigenvalue weighted by atomic mass is 16.2. The van der Waals surface area contributed by atoms with Gasteiger partial charge in [-0.15, -0.1) is 0 Å². The van der Waals surface area contributed by atoms with E-state index < -0.39 is 0 Å². The fourth-order valence-corrected chi connectivity index (χ4v) is 5.79. The van der Waals surface area contributed by atoms with Crippen molar-refractivity contribution in [3.8, 4) is 6.19 Å². The molecular weight excluding hydrogens is 466 g/mol. The van der Waals surface area contributed by atoms with Gasteiger partial charge in [0.25, 0.3) is 5.91 Å². The minimum absolute atomic E-state index is 0.0727. The number of pyridine rings is 1. The highest BCUT2D eigenvalue weighted by Crippen LogP contribution is 2.39. The number of nitrogens with one attached hydrogen (secondary N) is 2. The predicted octanol–water partition coefficient (Wildman–Crippen LogP) is 4.00. The van der Waals surface area contributed by atoms with Gasteiger partial charge in [0, 0.05) is 43.5 Å². The smallest absolute Gasteiger partial charge is 0.251 e. The summed E-state index contributed by atoms with van der Waals surface area (Å²) in [6, 6.07) is 11.4. The lowest BCUT2D eigenvalue weighted by molar-refractivity contribution is -0.119. The standard InChI is InChI=1S/C28H35N7O2/c1-19-28(37)33(2)24-11-12-25(32-26(24)35(19)23-9-4-3-5-10-23)30-22-8-6-7-20(17-22)27(36)31-21-13-15-34(18-29)16-14-21/h6-8,11-12,17,19,21,23H,3-5,9-10,13-16H2,1-2H3,(H,30,32)(H,31,36)/t19-/m1/s1. The molecule has 194 valence electrons. The Kier molecular flexibility index (Phi) is 7.17. The van der Waals surface area contributed by atoms with Gasteiger partial charge < -0.3 is 25.3 Å². The third-order valence-corrected chi connectivity index (χ3v) is 7.90. The van der Waals surface area contributed by atoms with E-state index in [9.17, 15) is 9.59 Å². The molecule has 1 aromatic carbocycles. The van der Waals surface area contributed by atoms with Crippen molar-refractivity contribution in [2.45, 2.75) is 70.0 Å². The van der Waals surface area contributed by atoms with Gasteiger partial charge in [0.05, 0.1) is 5.69 Å². The first-order valence-electron chi connectivity index (χ1n) is 13.3. The van der Waals surface area contributed by atoms with Gasteiger partial charge in [-0.05, 0) is 62.9 Å². The fraction of sp³-hybridized carbons (Fsp3) is 0.500. The Labute approximate surface area is 218 Å². The minimum atomic E-state index is -0.254. The number of likely N-dealkylation sites (tertiary alicyclic amines) is 1. The molecular formula is C28H35N7O2. The van der Waals surface area contributed by atoms with E-state index >= 15 is 0 Å². The molecule has 0 unspecified atom stereocenters. The highest BCUT2D eigenvalue weighted by molar-refractivity contribution is 6.04. The van der Waals surface area contributed by atoms with Gasteiger partial charge in [0.1, 0.15) is 11.9 Å². The van der Waals surface area contributed by atoms with Gasteiger partial charge in [-0.25, -0.2) is 4.98 Å². The maximum absolute atomic E-state index is 13.0. The Bertz CT molecular complexity index is 1200. The van der Waals surface area contributed by atoms with Crippen LogP contribution in [0, 0.1) is 11.5 Å². The summed E-state index contributed by atoms with van der Waals surface area (Å²) in [6.45, 7) is 3.32. The summed E-state index contributed by atoms with van der Waals surface area (Å²) in [6.07, 6.45) is 9.46. The van der Waals surface area contributed by atoms with E-state index in [1.165, 1.54) is 19.3 Å². The maximum Gasteiger partial charge on any atom is 0.251 e. The molecule has 1 saturated carbocycles. The molecule has 5 rings (SSSR count). The number of fused-ring (bicyclic) bond motifs is 1. The molecule has 37 heavy (non-hydrogen) atoms. The largest absolute Gasteiger partial charge is 0.349 e. The van der Waals surface area contributed by atoms with E-state index in [-0.39, 0.29) is 23.9 Å². The third kappa shape index (κ3) is 5.19. The zero-order valence-electron chi connectivity index (χ0n) is 21.6. The SMILES string of the molecule is C[C@@H]1C(=O)N(C)c2ccc(Nc3cccc(C(=O)NC4CCN(C#N)CC4)c3)nc2N1C1CCCCC1. The van der Waals surface area contributed by atoms with E-state index in [0.717, 1.165) is 42.9 Å². The molecule has 2 amide bonds. The summed E-state index contributed by atoms with van der Waals surface area (Å²) < 4.78 is 0. The molecule has 1 saturated heterocycles. The third-order valence-electron chi connectivity index (χ3n) is 7.90. The summed E-state index contributed by atoms with van der Waals surface area (Å²) in [7, 11) is 1.82. The van der Waals surface area contributed by atoms with Crippen molar-refractivity contribution in [1.82, 2.24) is 15.2 Å². The maximum atomic E-state index is 13.0. The van der Waals surface area contributed by atoms with Crippen molar-refractivity contribution in [1.29, 1.82) is 5.26 Å². The zero-order chi connectivity index (χ0) is 25.9. The molecule has 3 heterocycles. The van der Waals surface area contributed by atoms with Crippen molar-refractivity contribution in [2.24, 2.45) is 0 Å². The number of nitriles is 1. The Morgan fingerprint density at radius 2 is 1.84 bits per heavy atom. The summed E-state index contributed by atoms with van der Waals surface area (Å²) in [5.74, 6) is 1.49. The number of rotatable bonds is 5. The van der Waals surface area contributed by atoms with Crippen molar-refractivity contribution in [2.75, 3.05) is 35.3 Å². The van der Waals surface area contributed by atoms with Crippen LogP contribution >= 0.6 is 0 Å². The monoisotopic (exact) mass is 501 g/mol. The minimum Gasteiger partial charge on any atom is -0.349 e. The van der Waals surface area contributed by atoms with Gasteiger partial charge in [0.2, 0.25) is 5.91 Å². The van der Waals surface area contributed by atoms with Crippen LogP contribution in [-0.4, -0.2) is 60.0 Å². The summed E-state index contributed by atoms with van der Waals surface area (Å²) in [5.41, 5.74) is 2.18. The normalized spacial score (nSPS) is 20.8. The molecule has 0 spiro atoms. The van der Waals surface area contributed by atoms with Gasteiger partial charge in [-0.1, -0.05) is 25.3 Å². The van der Waals surface area contributed by atoms with Crippen LogP contribution in [0.5, 0.6) is 0 Å². The van der Waals surface area contributed by atoms with Crippen LogP contribution in [0.2, 0.25) is 0 Å². The number of hydrogen-bond donors (Lipinski definition) is 2. The molecule has 9 heteroatoms. The van der Waals surface area contributed by atoms with E-state index in [1.54, 1.807) is 15.9 Å². The van der Waals surface area contributed by atoms with E-state index in [2.05, 4.69) is 21.7 Å². The predicted molar refractivity (Wildman–Crippen MR) is 144 cm³/mol. The summed E-state index contributed by atoms with van der Waals surface area (Å²) in [4.78, 5) is 36.5. The number of aromatic nitrogens is 1. The molecule has 0 radical (unpaired) electrons. The first-order chi connectivity index (χ1) is 17.9. The first kappa shape index (κ1) is 24.9. The van der Waals surface area contributed by atoms with Crippen molar-refractivity contribution in [3.63, 3.8) is 0 Å². The van der Waals surface area contributed by atoms with Crippen molar-refractivity contribution in [3.05, 3.63) is 42.0 Å². The van der Waals surface area contributed by atoms with Crippen LogP contribution in [0.25, 0.3) is 0 Å². The van der Waals surface area contributed by atoms with Crippen LogP contribution in [0.4, 0.5) is 23.0 Å². The van der Waals surface area contributed by atoms with Crippen LogP contribution in [0.1, 0.15) is 62.2 Å². The number of amides is 2. The first-order valence-corrected chi connectivity index (χ1v) is 13.3. The lowest BCUT2D eigenvalue weighted by atomic mass is 9.92. The molecule has 9 nitrogen and oxygen atoms in total. The number of carbonyl (C=O) groups is 2. The van der Waals surface area contributed by atoms with Crippen LogP contribution in [-0.2, 0) is 4.79 Å². The Morgan fingerprint density at radius 1 is 1.08 bits per heavy atom. The molecule has 0 bridgehead atoms. The van der Waals surface area contributed by atoms with Crippen molar-refractivity contribution >= 4 is 34.8 Å². The second-order valence-corrected chi connectivity index (χ2v) is 10.4. The van der Waals surface area contributed by atoms with E-state index in [0.29, 0.717) is 30.5 Å². The highest BCUT2D eigenvalue weighted by Gasteiger charge is 2.38. The number of benzene rings is 1. The zero-order valence-corrected chi connectivity index (χ0v) is 21.6. The number of nitrogens with zero attached hydrogens (tertiary/aromatic N) is 5. The van der Waals surface area contributed by atoms with Gasteiger partial charge in [-0.3, -0.25) is 9.59 Å². The lowest BCUT2D eigenvalue weighted by Crippen LogP contribution is -2.55. The molecule has 2 aromatic rings. The number of carbonyl (C=O) groups excluding carboxylic acids is 2. The van der Waals surface area contributed by atoms with Crippen LogP contribution in [0.15, 0.2) is 36.4 Å². The molecule has 2 aliphatic heterocycles. The summed E-state index contributed by atoms with van der Waals surface area (Å²) >= 11 is 0. The number of piperidine rings is 1. The molecule has 1 atom stereocenters. The fourth-order valence-electron chi connectivity index (χ4n) is 5.79. The molecule has 2 fully saturated rings. The average Bonchev–Trinajstić information content (AvgIpc) is 2.93. The molecule has 2 N–H and O–H groups in total. The van der Waals surface area contributed by atoms with E-state index in [4.69, 9.17) is 10.2 Å². The second-order valence-electron chi connectivity index (χ2n) is 10.4. The summed E-state index contributed by atoms with van der Waals surface area (Å²) in [5, 5.41) is 15.5. The van der Waals surface area contributed by atoms with Gasteiger partial charge in [0.15, 0.2) is 12.0 Å². The van der Waals surface area contributed by atoms with Crippen molar-refractivity contribution < 1.29 is 9.59 Å². The Morgan fingerprint density at radius 3 is 2.57 bits per heavy atom. The number of hydrogen-bond acceptors (Lipinski definition) is 7. The molecule has 1 aromatic heterocycles. The quantitative estimate of drug-likeness (QED) is 0.597. The van der Waals surface area contributed by atoms with Crippen LogP contribution in [0.3, 0.4) is 0 Å². The second kappa shape index (κ2) is 10.7. The molecule has 1 aliphatic carbocycles. The van der Waals surface area contributed by atoms with Crippen LogP contribution < -0.4 is 20.4 Å². The Balaban J connectivity index is 1.33.